The maximum Gasteiger partial charge on any atom is 0.347 e. The number of rotatable bonds is 14. The lowest BCUT2D eigenvalue weighted by atomic mass is 10.0. The fraction of sp³-hybridized carbons (Fsp3) is 0.438. The van der Waals surface area contributed by atoms with Gasteiger partial charge in [-0.1, -0.05) is 88.4 Å². The van der Waals surface area contributed by atoms with E-state index in [0.717, 1.165) is 14.2 Å². The number of ether oxygens (including phenoxy) is 4. The maximum absolute atomic E-state index is 13.2. The van der Waals surface area contributed by atoms with Gasteiger partial charge in [-0.3, -0.25) is 9.59 Å². The molecule has 238 valence electrons. The Kier molecular flexibility index (Phi) is 14.0. The van der Waals surface area contributed by atoms with E-state index in [2.05, 4.69) is 10.6 Å². The number of esters is 4. The number of hydrogen-bond acceptors (Lipinski definition) is 10. The van der Waals surface area contributed by atoms with Crippen LogP contribution in [0.2, 0.25) is 0 Å². The minimum atomic E-state index is -1.37. The predicted molar refractivity (Wildman–Crippen MR) is 158 cm³/mol. The molecule has 0 bridgehead atoms. The predicted octanol–water partition coefficient (Wildman–Crippen LogP) is 1.92. The van der Waals surface area contributed by atoms with Crippen molar-refractivity contribution in [1.29, 1.82) is 0 Å². The normalized spacial score (nSPS) is 13.5. The molecule has 0 aliphatic carbocycles. The SMILES string of the molecule is COC(=O)[C@H](OC(=O)[C@H](Cc1ccccc1)NC(=O)C(=O)N[C@@H](Cc1ccccc1)C(=O)O[C@@H](C(=O)OC)C(C)C)C(C)C. The van der Waals surface area contributed by atoms with Crippen molar-refractivity contribution in [2.45, 2.75) is 64.8 Å². The van der Waals surface area contributed by atoms with Crippen LogP contribution in [-0.2, 0) is 60.6 Å². The largest absolute Gasteiger partial charge is 0.466 e. The molecule has 0 saturated carbocycles. The van der Waals surface area contributed by atoms with Crippen molar-refractivity contribution in [1.82, 2.24) is 10.6 Å². The van der Waals surface area contributed by atoms with Gasteiger partial charge in [-0.05, 0) is 11.1 Å². The average molecular weight is 613 g/mol. The molecule has 0 aromatic heterocycles. The molecule has 2 aromatic carbocycles. The molecule has 44 heavy (non-hydrogen) atoms. The standard InChI is InChI=1S/C32H40N2O10/c1-19(2)25(31(39)41-5)43-29(37)23(17-21-13-9-7-10-14-21)33-27(35)28(36)34-24(18-22-15-11-8-12-16-22)30(38)44-26(20(3)4)32(40)42-6/h7-16,19-20,23-26H,17-18H2,1-6H3,(H,33,35)(H,34,36)/t23-,24-,25+,26+/m0/s1. The molecule has 0 radical (unpaired) electrons. The summed E-state index contributed by atoms with van der Waals surface area (Å²) in [6, 6.07) is 14.6. The summed E-state index contributed by atoms with van der Waals surface area (Å²) in [7, 11) is 2.31. The molecule has 12 nitrogen and oxygen atoms in total. The zero-order valence-corrected chi connectivity index (χ0v) is 25.7. The van der Waals surface area contributed by atoms with E-state index < -0.39 is 71.8 Å². The molecule has 0 heterocycles. The van der Waals surface area contributed by atoms with Crippen molar-refractivity contribution >= 4 is 35.7 Å². The number of carbonyl (C=O) groups is 6. The van der Waals surface area contributed by atoms with Gasteiger partial charge in [0.15, 0.2) is 0 Å². The molecule has 2 aromatic rings. The molecule has 0 saturated heterocycles. The highest BCUT2D eigenvalue weighted by molar-refractivity contribution is 6.35. The molecule has 0 aliphatic rings. The van der Waals surface area contributed by atoms with E-state index in [1.165, 1.54) is 0 Å². The number of benzene rings is 2. The third-order valence-electron chi connectivity index (χ3n) is 6.52. The van der Waals surface area contributed by atoms with Crippen LogP contribution in [0.15, 0.2) is 60.7 Å². The fourth-order valence-corrected chi connectivity index (χ4v) is 4.09. The Bertz CT molecular complexity index is 1180. The zero-order valence-electron chi connectivity index (χ0n) is 25.7. The van der Waals surface area contributed by atoms with Gasteiger partial charge in [0, 0.05) is 24.7 Å². The molecule has 4 atom stereocenters. The van der Waals surface area contributed by atoms with Gasteiger partial charge in [0.05, 0.1) is 14.2 Å². The quantitative estimate of drug-likeness (QED) is 0.183. The first-order chi connectivity index (χ1) is 20.9. The van der Waals surface area contributed by atoms with Crippen molar-refractivity contribution in [2.75, 3.05) is 14.2 Å². The van der Waals surface area contributed by atoms with Crippen molar-refractivity contribution in [2.24, 2.45) is 11.8 Å². The van der Waals surface area contributed by atoms with Gasteiger partial charge in [-0.25, -0.2) is 19.2 Å². The van der Waals surface area contributed by atoms with Crippen LogP contribution in [0.1, 0.15) is 38.8 Å². The average Bonchev–Trinajstić information content (AvgIpc) is 3.01. The number of methoxy groups -OCH3 is 2. The van der Waals surface area contributed by atoms with Crippen molar-refractivity contribution in [3.63, 3.8) is 0 Å². The summed E-state index contributed by atoms with van der Waals surface area (Å²) in [5.41, 5.74) is 1.28. The Morgan fingerprint density at radius 1 is 0.545 bits per heavy atom. The molecule has 2 amide bonds. The second-order valence-electron chi connectivity index (χ2n) is 10.7. The van der Waals surface area contributed by atoms with Crippen LogP contribution < -0.4 is 10.6 Å². The number of hydrogen-bond donors (Lipinski definition) is 2. The number of carbonyl (C=O) groups excluding carboxylic acids is 6. The molecule has 12 heteroatoms. The van der Waals surface area contributed by atoms with E-state index >= 15 is 0 Å². The van der Waals surface area contributed by atoms with Gasteiger partial charge >= 0.3 is 35.7 Å². The van der Waals surface area contributed by atoms with Gasteiger partial charge in [-0.2, -0.15) is 0 Å². The Morgan fingerprint density at radius 2 is 0.864 bits per heavy atom. The molecule has 0 unspecified atom stereocenters. The second kappa shape index (κ2) is 17.4. The van der Waals surface area contributed by atoms with Crippen LogP contribution in [-0.4, -0.2) is 74.2 Å². The first-order valence-corrected chi connectivity index (χ1v) is 14.1. The smallest absolute Gasteiger partial charge is 0.347 e. The third kappa shape index (κ3) is 10.8. The van der Waals surface area contributed by atoms with Crippen LogP contribution in [0.3, 0.4) is 0 Å². The molecular weight excluding hydrogens is 572 g/mol. The van der Waals surface area contributed by atoms with E-state index in [4.69, 9.17) is 18.9 Å². The van der Waals surface area contributed by atoms with Crippen LogP contribution in [0.25, 0.3) is 0 Å². The lowest BCUT2D eigenvalue weighted by molar-refractivity contribution is -0.171. The van der Waals surface area contributed by atoms with E-state index in [1.807, 2.05) is 0 Å². The Balaban J connectivity index is 2.29. The monoisotopic (exact) mass is 612 g/mol. The van der Waals surface area contributed by atoms with Crippen LogP contribution in [0.4, 0.5) is 0 Å². The fourth-order valence-electron chi connectivity index (χ4n) is 4.09. The molecule has 2 N–H and O–H groups in total. The molecule has 0 fully saturated rings. The summed E-state index contributed by atoms with van der Waals surface area (Å²) in [5.74, 6) is -6.81. The van der Waals surface area contributed by atoms with Crippen LogP contribution in [0.5, 0.6) is 0 Å². The highest BCUT2D eigenvalue weighted by Crippen LogP contribution is 2.14. The summed E-state index contributed by atoms with van der Waals surface area (Å²) in [4.78, 5) is 77.0. The minimum absolute atomic E-state index is 0.0602. The van der Waals surface area contributed by atoms with Gasteiger partial charge in [-0.15, -0.1) is 0 Å². The Labute approximate surface area is 256 Å². The maximum atomic E-state index is 13.2. The van der Waals surface area contributed by atoms with Crippen molar-refractivity contribution in [3.05, 3.63) is 71.8 Å². The third-order valence-corrected chi connectivity index (χ3v) is 6.52. The van der Waals surface area contributed by atoms with Crippen molar-refractivity contribution < 1.29 is 47.7 Å². The summed E-state index contributed by atoms with van der Waals surface area (Å²) < 4.78 is 20.3. The zero-order chi connectivity index (χ0) is 32.8. The molecule has 0 spiro atoms. The van der Waals surface area contributed by atoms with E-state index in [0.29, 0.717) is 11.1 Å². The molecule has 0 aliphatic heterocycles. The van der Waals surface area contributed by atoms with Gasteiger partial charge in [0.2, 0.25) is 12.2 Å². The van der Waals surface area contributed by atoms with Crippen molar-refractivity contribution in [3.8, 4) is 0 Å². The van der Waals surface area contributed by atoms with E-state index in [-0.39, 0.29) is 12.8 Å². The van der Waals surface area contributed by atoms with Crippen LogP contribution >= 0.6 is 0 Å². The summed E-state index contributed by atoms with van der Waals surface area (Å²) in [6.07, 6.45) is -2.61. The second-order valence-corrected chi connectivity index (χ2v) is 10.7. The topological polar surface area (TPSA) is 163 Å². The Hall–Kier alpha value is -4.74. The Morgan fingerprint density at radius 3 is 1.14 bits per heavy atom. The van der Waals surface area contributed by atoms with E-state index in [1.54, 1.807) is 88.4 Å². The summed E-state index contributed by atoms with van der Waals surface area (Å²) >= 11 is 0. The lowest BCUT2D eigenvalue weighted by Gasteiger charge is -2.24. The highest BCUT2D eigenvalue weighted by atomic mass is 16.6. The minimum Gasteiger partial charge on any atom is -0.466 e. The summed E-state index contributed by atoms with van der Waals surface area (Å²) in [5, 5.41) is 4.71. The molecule has 2 rings (SSSR count). The van der Waals surface area contributed by atoms with E-state index in [9.17, 15) is 28.8 Å². The first kappa shape index (κ1) is 35.5. The molecular formula is C32H40N2O10. The first-order valence-electron chi connectivity index (χ1n) is 14.1. The van der Waals surface area contributed by atoms with Gasteiger partial charge < -0.3 is 29.6 Å². The van der Waals surface area contributed by atoms with Gasteiger partial charge in [0.1, 0.15) is 12.1 Å². The number of amides is 2. The van der Waals surface area contributed by atoms with Gasteiger partial charge in [0.25, 0.3) is 0 Å². The number of nitrogens with one attached hydrogen (secondary N) is 2. The summed E-state index contributed by atoms with van der Waals surface area (Å²) in [6.45, 7) is 6.62. The van der Waals surface area contributed by atoms with Crippen LogP contribution in [0, 0.1) is 11.8 Å². The lowest BCUT2D eigenvalue weighted by Crippen LogP contribution is -2.54. The highest BCUT2D eigenvalue weighted by Gasteiger charge is 2.35.